The molecular weight excluding hydrogens is 368 g/mol. The highest BCUT2D eigenvalue weighted by molar-refractivity contribution is 7.91. The first kappa shape index (κ1) is 20.3. The third kappa shape index (κ3) is 4.50. The highest BCUT2D eigenvalue weighted by Crippen LogP contribution is 2.32. The summed E-state index contributed by atoms with van der Waals surface area (Å²) in [4.78, 5) is 0. The number of nitrogens with two attached hydrogens (primary N) is 1. The molecule has 0 aromatic carbocycles. The van der Waals surface area contributed by atoms with E-state index in [2.05, 4.69) is 13.8 Å². The van der Waals surface area contributed by atoms with E-state index in [1.165, 1.54) is 24.2 Å². The predicted octanol–water partition coefficient (Wildman–Crippen LogP) is 3.46. The van der Waals surface area contributed by atoms with E-state index in [1.807, 2.05) is 0 Å². The van der Waals surface area contributed by atoms with E-state index in [4.69, 9.17) is 10.5 Å². The largest absolute Gasteiger partial charge is 0.376 e. The van der Waals surface area contributed by atoms with E-state index in [0.29, 0.717) is 17.4 Å². The number of hydrogen-bond donors (Lipinski definition) is 1. The van der Waals surface area contributed by atoms with Crippen molar-refractivity contribution in [3.63, 3.8) is 0 Å². The van der Waals surface area contributed by atoms with Gasteiger partial charge in [-0.25, -0.2) is 8.42 Å². The average molecular weight is 401 g/mol. The van der Waals surface area contributed by atoms with Gasteiger partial charge in [-0.05, 0) is 61.8 Å². The van der Waals surface area contributed by atoms with Crippen LogP contribution >= 0.6 is 11.3 Å². The third-order valence-corrected chi connectivity index (χ3v) is 9.30. The second kappa shape index (κ2) is 8.69. The van der Waals surface area contributed by atoms with Crippen molar-refractivity contribution in [3.8, 4) is 0 Å². The van der Waals surface area contributed by atoms with Crippen molar-refractivity contribution in [1.29, 1.82) is 0 Å². The normalized spacial score (nSPS) is 31.4. The van der Waals surface area contributed by atoms with Gasteiger partial charge in [0.05, 0.1) is 18.8 Å². The van der Waals surface area contributed by atoms with Crippen molar-refractivity contribution in [3.05, 3.63) is 17.5 Å². The Morgan fingerprint density at radius 2 is 2.00 bits per heavy atom. The summed E-state index contributed by atoms with van der Waals surface area (Å²) in [6.07, 6.45) is 6.45. The zero-order chi connectivity index (χ0) is 18.7. The van der Waals surface area contributed by atoms with Crippen molar-refractivity contribution in [1.82, 2.24) is 4.31 Å². The van der Waals surface area contributed by atoms with Gasteiger partial charge in [-0.15, -0.1) is 11.3 Å². The molecule has 2 atom stereocenters. The van der Waals surface area contributed by atoms with E-state index < -0.39 is 10.0 Å². The molecule has 0 amide bonds. The molecule has 1 aromatic rings. The summed E-state index contributed by atoms with van der Waals surface area (Å²) >= 11 is 1.26. The standard InChI is InChI=1S/C19H32N2O3S2/c1-14(2)15-7-9-16(10-8-15)24-13-18-17(20)5-3-11-21(18)26(22,23)19-6-4-12-25-19/h4,6,12,14-18H,3,5,7-11,13,20H2,1-2H3/t15?,16?,17-,18-/m0/s1. The van der Waals surface area contributed by atoms with Gasteiger partial charge in [-0.1, -0.05) is 19.9 Å². The van der Waals surface area contributed by atoms with Gasteiger partial charge in [0.2, 0.25) is 0 Å². The van der Waals surface area contributed by atoms with Crippen LogP contribution in [0.1, 0.15) is 52.4 Å². The van der Waals surface area contributed by atoms with Gasteiger partial charge in [0.25, 0.3) is 10.0 Å². The Bertz CT molecular complexity index is 652. The van der Waals surface area contributed by atoms with E-state index in [-0.39, 0.29) is 18.2 Å². The summed E-state index contributed by atoms with van der Waals surface area (Å²) in [5.74, 6) is 1.52. The Kier molecular flexibility index (Phi) is 6.78. The Labute approximate surface area is 162 Å². The van der Waals surface area contributed by atoms with Crippen LogP contribution in [0.5, 0.6) is 0 Å². The minimum Gasteiger partial charge on any atom is -0.376 e. The second-order valence-electron chi connectivity index (χ2n) is 8.04. The molecule has 5 nitrogen and oxygen atoms in total. The number of piperidine rings is 1. The summed E-state index contributed by atoms with van der Waals surface area (Å²) in [7, 11) is -3.48. The molecule has 2 fully saturated rings. The molecule has 1 saturated carbocycles. The van der Waals surface area contributed by atoms with Gasteiger partial charge in [-0.3, -0.25) is 0 Å². The molecular formula is C19H32N2O3S2. The topological polar surface area (TPSA) is 72.6 Å². The second-order valence-corrected chi connectivity index (χ2v) is 11.1. The lowest BCUT2D eigenvalue weighted by Crippen LogP contribution is -2.56. The van der Waals surface area contributed by atoms with Gasteiger partial charge in [0.15, 0.2) is 0 Å². The molecule has 1 aliphatic heterocycles. The van der Waals surface area contributed by atoms with Gasteiger partial charge in [0, 0.05) is 12.6 Å². The molecule has 1 aromatic heterocycles. The Morgan fingerprint density at radius 3 is 2.62 bits per heavy atom. The fourth-order valence-electron chi connectivity index (χ4n) is 4.24. The first-order valence-electron chi connectivity index (χ1n) is 9.82. The van der Waals surface area contributed by atoms with Gasteiger partial charge >= 0.3 is 0 Å². The molecule has 2 N–H and O–H groups in total. The van der Waals surface area contributed by atoms with Crippen molar-refractivity contribution < 1.29 is 13.2 Å². The fraction of sp³-hybridized carbons (Fsp3) is 0.789. The van der Waals surface area contributed by atoms with Crippen LogP contribution in [0, 0.1) is 11.8 Å². The molecule has 2 aliphatic rings. The van der Waals surface area contributed by atoms with Crippen molar-refractivity contribution in [2.24, 2.45) is 17.6 Å². The molecule has 1 saturated heterocycles. The summed E-state index contributed by atoms with van der Waals surface area (Å²) in [5.41, 5.74) is 6.31. The van der Waals surface area contributed by atoms with Crippen LogP contribution in [-0.4, -0.2) is 44.1 Å². The lowest BCUT2D eigenvalue weighted by molar-refractivity contribution is -0.0161. The van der Waals surface area contributed by atoms with E-state index in [9.17, 15) is 8.42 Å². The van der Waals surface area contributed by atoms with Crippen LogP contribution < -0.4 is 5.73 Å². The number of rotatable bonds is 6. The number of hydrogen-bond acceptors (Lipinski definition) is 5. The van der Waals surface area contributed by atoms with Crippen LogP contribution in [0.3, 0.4) is 0 Å². The number of thiophene rings is 1. The van der Waals surface area contributed by atoms with Crippen LogP contribution in [0.15, 0.2) is 21.7 Å². The van der Waals surface area contributed by atoms with Gasteiger partial charge < -0.3 is 10.5 Å². The number of nitrogens with zero attached hydrogens (tertiary/aromatic N) is 1. The first-order valence-corrected chi connectivity index (χ1v) is 12.1. The Hall–Kier alpha value is -0.470. The molecule has 0 unspecified atom stereocenters. The van der Waals surface area contributed by atoms with Gasteiger partial charge in [-0.2, -0.15) is 4.31 Å². The molecule has 0 bridgehead atoms. The monoisotopic (exact) mass is 400 g/mol. The molecule has 26 heavy (non-hydrogen) atoms. The quantitative estimate of drug-likeness (QED) is 0.794. The van der Waals surface area contributed by atoms with Crippen LogP contribution in [0.2, 0.25) is 0 Å². The first-order chi connectivity index (χ1) is 12.4. The maximum absolute atomic E-state index is 13.0. The lowest BCUT2D eigenvalue weighted by atomic mass is 9.80. The zero-order valence-electron chi connectivity index (χ0n) is 15.8. The maximum atomic E-state index is 13.0. The van der Waals surface area contributed by atoms with E-state index >= 15 is 0 Å². The fourth-order valence-corrected chi connectivity index (χ4v) is 7.06. The Balaban J connectivity index is 1.63. The summed E-state index contributed by atoms with van der Waals surface area (Å²) in [6, 6.07) is 3.02. The minimum atomic E-state index is -3.48. The maximum Gasteiger partial charge on any atom is 0.252 e. The van der Waals surface area contributed by atoms with E-state index in [1.54, 1.807) is 21.8 Å². The lowest BCUT2D eigenvalue weighted by Gasteiger charge is -2.39. The van der Waals surface area contributed by atoms with Gasteiger partial charge in [0.1, 0.15) is 4.21 Å². The molecule has 0 radical (unpaired) electrons. The molecule has 0 spiro atoms. The van der Waals surface area contributed by atoms with Crippen molar-refractivity contribution in [2.75, 3.05) is 13.2 Å². The predicted molar refractivity (Wildman–Crippen MR) is 106 cm³/mol. The van der Waals surface area contributed by atoms with Crippen molar-refractivity contribution in [2.45, 2.75) is 74.8 Å². The molecule has 2 heterocycles. The highest BCUT2D eigenvalue weighted by Gasteiger charge is 2.38. The minimum absolute atomic E-state index is 0.162. The number of ether oxygens (including phenoxy) is 1. The van der Waals surface area contributed by atoms with Crippen LogP contribution in [0.25, 0.3) is 0 Å². The van der Waals surface area contributed by atoms with Crippen LogP contribution in [-0.2, 0) is 14.8 Å². The zero-order valence-corrected chi connectivity index (χ0v) is 17.5. The number of sulfonamides is 1. The average Bonchev–Trinajstić information content (AvgIpc) is 3.16. The van der Waals surface area contributed by atoms with Crippen LogP contribution in [0.4, 0.5) is 0 Å². The molecule has 7 heteroatoms. The summed E-state index contributed by atoms with van der Waals surface area (Å²) in [6.45, 7) is 5.52. The highest BCUT2D eigenvalue weighted by atomic mass is 32.2. The molecule has 1 aliphatic carbocycles. The smallest absolute Gasteiger partial charge is 0.252 e. The summed E-state index contributed by atoms with van der Waals surface area (Å²) in [5, 5.41) is 1.80. The third-order valence-electron chi connectivity index (χ3n) is 6.00. The summed E-state index contributed by atoms with van der Waals surface area (Å²) < 4.78 is 34.2. The van der Waals surface area contributed by atoms with E-state index in [0.717, 1.165) is 37.5 Å². The molecule has 3 rings (SSSR count). The SMILES string of the molecule is CC(C)C1CCC(OC[C@H]2[C@@H](N)CCCN2S(=O)(=O)c2cccs2)CC1. The molecule has 148 valence electrons. The van der Waals surface area contributed by atoms with Crippen molar-refractivity contribution >= 4 is 21.4 Å². The Morgan fingerprint density at radius 1 is 1.27 bits per heavy atom.